The fourth-order valence-corrected chi connectivity index (χ4v) is 2.64. The monoisotopic (exact) mass is 366 g/mol. The van der Waals surface area contributed by atoms with E-state index in [1.807, 2.05) is 6.07 Å². The molecule has 0 heterocycles. The lowest BCUT2D eigenvalue weighted by Crippen LogP contribution is -2.35. The summed E-state index contributed by atoms with van der Waals surface area (Å²) >= 11 is 0. The van der Waals surface area contributed by atoms with Crippen LogP contribution in [0.3, 0.4) is 0 Å². The average molecular weight is 367 g/mol. The second-order valence-electron chi connectivity index (χ2n) is 9.12. The first kappa shape index (κ1) is 22.8. The summed E-state index contributed by atoms with van der Waals surface area (Å²) < 4.78 is 23.6. The lowest BCUT2D eigenvalue weighted by atomic mass is 9.95. The standard InChI is InChI=1S/C22H38O4/c1-11-15(2)16-12-13-17(25-19(23-9)21(3,4)5)18(14-16)26-20(24-10)22(6,7)8/h12-15,19-20H,11H2,1-10H3. The SMILES string of the molecule is CCC(C)c1ccc(OC(OC)C(C)(C)C)c(OC(OC)C(C)(C)C)c1. The summed E-state index contributed by atoms with van der Waals surface area (Å²) in [6.45, 7) is 16.9. The molecule has 1 aromatic rings. The van der Waals surface area contributed by atoms with E-state index in [0.29, 0.717) is 17.4 Å². The third-order valence-electron chi connectivity index (χ3n) is 4.46. The highest BCUT2D eigenvalue weighted by Gasteiger charge is 2.30. The summed E-state index contributed by atoms with van der Waals surface area (Å²) in [7, 11) is 3.33. The summed E-state index contributed by atoms with van der Waals surface area (Å²) in [5, 5.41) is 0. The van der Waals surface area contributed by atoms with E-state index in [9.17, 15) is 0 Å². The largest absolute Gasteiger partial charge is 0.460 e. The lowest BCUT2D eigenvalue weighted by molar-refractivity contribution is -0.134. The minimum atomic E-state index is -0.382. The second kappa shape index (κ2) is 9.09. The molecule has 0 aliphatic carbocycles. The van der Waals surface area contributed by atoms with Crippen LogP contribution in [-0.4, -0.2) is 26.8 Å². The molecule has 0 aromatic heterocycles. The lowest BCUT2D eigenvalue weighted by Gasteiger charge is -2.33. The number of benzene rings is 1. The zero-order valence-corrected chi connectivity index (χ0v) is 18.3. The van der Waals surface area contributed by atoms with Crippen LogP contribution < -0.4 is 9.47 Å². The first-order valence-electron chi connectivity index (χ1n) is 9.46. The quantitative estimate of drug-likeness (QED) is 0.529. The van der Waals surface area contributed by atoms with Crippen LogP contribution in [0.4, 0.5) is 0 Å². The average Bonchev–Trinajstić information content (AvgIpc) is 2.55. The molecule has 0 spiro atoms. The molecule has 0 amide bonds. The molecular weight excluding hydrogens is 328 g/mol. The highest BCUT2D eigenvalue weighted by molar-refractivity contribution is 5.44. The van der Waals surface area contributed by atoms with E-state index >= 15 is 0 Å². The number of rotatable bonds is 8. The fourth-order valence-electron chi connectivity index (χ4n) is 2.64. The zero-order chi connectivity index (χ0) is 20.1. The smallest absolute Gasteiger partial charge is 0.204 e. The Hall–Kier alpha value is -1.26. The molecule has 3 atom stereocenters. The van der Waals surface area contributed by atoms with Crippen molar-refractivity contribution in [2.45, 2.75) is 80.3 Å². The van der Waals surface area contributed by atoms with Crippen LogP contribution in [-0.2, 0) is 9.47 Å². The van der Waals surface area contributed by atoms with Gasteiger partial charge < -0.3 is 18.9 Å². The van der Waals surface area contributed by atoms with Gasteiger partial charge in [-0.1, -0.05) is 61.5 Å². The van der Waals surface area contributed by atoms with Gasteiger partial charge in [0.05, 0.1) is 0 Å². The number of hydrogen-bond donors (Lipinski definition) is 0. The Morgan fingerprint density at radius 1 is 0.808 bits per heavy atom. The molecule has 150 valence electrons. The van der Waals surface area contributed by atoms with Gasteiger partial charge in [-0.2, -0.15) is 0 Å². The minimum absolute atomic E-state index is 0.161. The van der Waals surface area contributed by atoms with E-state index in [4.69, 9.17) is 18.9 Å². The van der Waals surface area contributed by atoms with Gasteiger partial charge in [0.2, 0.25) is 12.6 Å². The third kappa shape index (κ3) is 6.17. The van der Waals surface area contributed by atoms with Crippen LogP contribution in [0, 0.1) is 10.8 Å². The van der Waals surface area contributed by atoms with Crippen molar-refractivity contribution in [3.8, 4) is 11.5 Å². The predicted octanol–water partition coefficient (Wildman–Crippen LogP) is 5.99. The van der Waals surface area contributed by atoms with E-state index in [1.54, 1.807) is 14.2 Å². The summed E-state index contributed by atoms with van der Waals surface area (Å²) in [6, 6.07) is 6.14. The molecule has 1 rings (SSSR count). The first-order valence-corrected chi connectivity index (χ1v) is 9.46. The highest BCUT2D eigenvalue weighted by atomic mass is 16.7. The van der Waals surface area contributed by atoms with Gasteiger partial charge in [-0.05, 0) is 30.0 Å². The van der Waals surface area contributed by atoms with Crippen molar-refractivity contribution in [1.82, 2.24) is 0 Å². The van der Waals surface area contributed by atoms with Crippen molar-refractivity contribution in [2.24, 2.45) is 10.8 Å². The topological polar surface area (TPSA) is 36.9 Å². The van der Waals surface area contributed by atoms with Crippen LogP contribution >= 0.6 is 0 Å². The van der Waals surface area contributed by atoms with E-state index in [0.717, 1.165) is 6.42 Å². The normalized spacial score (nSPS) is 16.1. The summed E-state index contributed by atoms with van der Waals surface area (Å²) in [4.78, 5) is 0. The van der Waals surface area contributed by atoms with Crippen LogP contribution in [0.25, 0.3) is 0 Å². The Labute approximate surface area is 160 Å². The third-order valence-corrected chi connectivity index (χ3v) is 4.46. The van der Waals surface area contributed by atoms with Gasteiger partial charge in [0.1, 0.15) is 0 Å². The molecule has 4 heteroatoms. The van der Waals surface area contributed by atoms with Crippen molar-refractivity contribution in [3.05, 3.63) is 23.8 Å². The molecular formula is C22H38O4. The number of ether oxygens (including phenoxy) is 4. The Bertz CT molecular complexity index is 554. The van der Waals surface area contributed by atoms with Gasteiger partial charge in [0.15, 0.2) is 11.5 Å². The van der Waals surface area contributed by atoms with Crippen LogP contribution in [0.15, 0.2) is 18.2 Å². The van der Waals surface area contributed by atoms with Gasteiger partial charge in [-0.15, -0.1) is 0 Å². The van der Waals surface area contributed by atoms with Crippen molar-refractivity contribution < 1.29 is 18.9 Å². The van der Waals surface area contributed by atoms with E-state index < -0.39 is 0 Å². The van der Waals surface area contributed by atoms with E-state index in [1.165, 1.54) is 5.56 Å². The maximum absolute atomic E-state index is 6.25. The Morgan fingerprint density at radius 3 is 1.65 bits per heavy atom. The van der Waals surface area contributed by atoms with E-state index in [-0.39, 0.29) is 23.4 Å². The molecule has 0 radical (unpaired) electrons. The first-order chi connectivity index (χ1) is 11.9. The number of hydrogen-bond acceptors (Lipinski definition) is 4. The fraction of sp³-hybridized carbons (Fsp3) is 0.727. The van der Waals surface area contributed by atoms with Crippen molar-refractivity contribution >= 4 is 0 Å². The Kier molecular flexibility index (Phi) is 7.97. The molecule has 0 N–H and O–H groups in total. The molecule has 0 aliphatic heterocycles. The minimum Gasteiger partial charge on any atom is -0.460 e. The van der Waals surface area contributed by atoms with E-state index in [2.05, 4.69) is 67.5 Å². The molecule has 4 nitrogen and oxygen atoms in total. The Balaban J connectivity index is 3.27. The summed E-state index contributed by atoms with van der Waals surface area (Å²) in [5.41, 5.74) is 0.901. The molecule has 1 aromatic carbocycles. The maximum atomic E-state index is 6.25. The molecule has 3 unspecified atom stereocenters. The predicted molar refractivity (Wildman–Crippen MR) is 107 cm³/mol. The molecule has 0 fully saturated rings. The Morgan fingerprint density at radius 2 is 1.27 bits per heavy atom. The van der Waals surface area contributed by atoms with Crippen LogP contribution in [0.5, 0.6) is 11.5 Å². The van der Waals surface area contributed by atoms with Gasteiger partial charge in [0.25, 0.3) is 0 Å². The van der Waals surface area contributed by atoms with Gasteiger partial charge in [0, 0.05) is 25.0 Å². The van der Waals surface area contributed by atoms with Crippen molar-refractivity contribution in [3.63, 3.8) is 0 Å². The highest BCUT2D eigenvalue weighted by Crippen LogP contribution is 2.37. The van der Waals surface area contributed by atoms with Gasteiger partial charge >= 0.3 is 0 Å². The zero-order valence-electron chi connectivity index (χ0n) is 18.3. The van der Waals surface area contributed by atoms with Crippen molar-refractivity contribution in [1.29, 1.82) is 0 Å². The molecule has 0 saturated carbocycles. The number of methoxy groups -OCH3 is 2. The summed E-state index contributed by atoms with van der Waals surface area (Å²) in [6.07, 6.45) is 0.303. The maximum Gasteiger partial charge on any atom is 0.204 e. The van der Waals surface area contributed by atoms with Crippen LogP contribution in [0.2, 0.25) is 0 Å². The second-order valence-corrected chi connectivity index (χ2v) is 9.12. The van der Waals surface area contributed by atoms with Crippen LogP contribution in [0.1, 0.15) is 73.3 Å². The van der Waals surface area contributed by atoms with Crippen molar-refractivity contribution in [2.75, 3.05) is 14.2 Å². The van der Waals surface area contributed by atoms with Gasteiger partial charge in [-0.3, -0.25) is 0 Å². The summed E-state index contributed by atoms with van der Waals surface area (Å²) in [5.74, 6) is 1.81. The molecule has 0 aliphatic rings. The van der Waals surface area contributed by atoms with Gasteiger partial charge in [-0.25, -0.2) is 0 Å². The molecule has 26 heavy (non-hydrogen) atoms. The molecule has 0 saturated heterocycles. The molecule has 0 bridgehead atoms.